The topological polar surface area (TPSA) is 57.6 Å². The van der Waals surface area contributed by atoms with Crippen molar-refractivity contribution in [2.75, 3.05) is 31.3 Å². The van der Waals surface area contributed by atoms with Crippen LogP contribution in [0.1, 0.15) is 0 Å². The summed E-state index contributed by atoms with van der Waals surface area (Å²) in [7, 11) is -3.33. The lowest BCUT2D eigenvalue weighted by Gasteiger charge is -2.18. The molecule has 0 saturated heterocycles. The first-order chi connectivity index (χ1) is 6.08. The molecule has 78 valence electrons. The molecule has 0 fully saturated rings. The highest BCUT2D eigenvalue weighted by Crippen LogP contribution is 2.01. The Balaban J connectivity index is 4.41. The Morgan fingerprint density at radius 3 is 2.54 bits per heavy atom. The van der Waals surface area contributed by atoms with Crippen molar-refractivity contribution in [2.45, 2.75) is 0 Å². The quantitative estimate of drug-likeness (QED) is 0.494. The highest BCUT2D eigenvalue weighted by atomic mass is 35.5. The Kier molecular flexibility index (Phi) is 6.32. The number of aliphatic hydroxyl groups excluding tert-OH is 1. The molecule has 0 bridgehead atoms. The lowest BCUT2D eigenvalue weighted by molar-refractivity contribution is 0.260. The van der Waals surface area contributed by atoms with Gasteiger partial charge < -0.3 is 5.11 Å². The van der Waals surface area contributed by atoms with Crippen LogP contribution in [0.4, 0.5) is 0 Å². The van der Waals surface area contributed by atoms with E-state index in [1.807, 2.05) is 0 Å². The van der Waals surface area contributed by atoms with Crippen molar-refractivity contribution in [3.05, 3.63) is 12.7 Å². The molecular formula is C7H14ClNO3S. The van der Waals surface area contributed by atoms with Crippen molar-refractivity contribution in [1.29, 1.82) is 0 Å². The Labute approximate surface area is 83.9 Å². The molecule has 4 nitrogen and oxygen atoms in total. The molecule has 0 aliphatic heterocycles. The van der Waals surface area contributed by atoms with Crippen LogP contribution in [0.15, 0.2) is 12.7 Å². The molecule has 6 heteroatoms. The molecule has 0 saturated carbocycles. The summed E-state index contributed by atoms with van der Waals surface area (Å²) in [5.41, 5.74) is 0. The minimum atomic E-state index is -3.33. The van der Waals surface area contributed by atoms with Gasteiger partial charge in [0.2, 0.25) is 10.0 Å². The van der Waals surface area contributed by atoms with Gasteiger partial charge in [0.05, 0.1) is 12.4 Å². The zero-order valence-electron chi connectivity index (χ0n) is 7.32. The SMILES string of the molecule is C=CCN(CCO)S(=O)(=O)CCCl. The number of halogens is 1. The van der Waals surface area contributed by atoms with Gasteiger partial charge in [-0.1, -0.05) is 6.08 Å². The number of sulfonamides is 1. The summed E-state index contributed by atoms with van der Waals surface area (Å²) in [4.78, 5) is 0. The third-order valence-electron chi connectivity index (χ3n) is 1.41. The van der Waals surface area contributed by atoms with Gasteiger partial charge in [-0.05, 0) is 0 Å². The van der Waals surface area contributed by atoms with Crippen molar-refractivity contribution in [1.82, 2.24) is 4.31 Å². The fraction of sp³-hybridized carbons (Fsp3) is 0.714. The van der Waals surface area contributed by atoms with E-state index in [1.165, 1.54) is 6.08 Å². The Morgan fingerprint density at radius 2 is 2.15 bits per heavy atom. The summed E-state index contributed by atoms with van der Waals surface area (Å²) < 4.78 is 23.9. The number of aliphatic hydroxyl groups is 1. The maximum Gasteiger partial charge on any atom is 0.215 e. The molecule has 0 unspecified atom stereocenters. The highest BCUT2D eigenvalue weighted by Gasteiger charge is 2.18. The van der Waals surface area contributed by atoms with Crippen molar-refractivity contribution in [3.63, 3.8) is 0 Å². The predicted octanol–water partition coefficient (Wildman–Crippen LogP) is 0.0353. The smallest absolute Gasteiger partial charge is 0.215 e. The monoisotopic (exact) mass is 227 g/mol. The Morgan fingerprint density at radius 1 is 1.54 bits per heavy atom. The standard InChI is InChI=1S/C7H14ClNO3S/c1-2-4-9(5-6-10)13(11,12)7-3-8/h2,10H,1,3-7H2. The average Bonchev–Trinajstić information content (AvgIpc) is 2.04. The lowest BCUT2D eigenvalue weighted by atomic mass is 10.6. The number of rotatable bonds is 7. The largest absolute Gasteiger partial charge is 0.395 e. The van der Waals surface area contributed by atoms with Crippen LogP contribution in [0, 0.1) is 0 Å². The molecule has 0 rings (SSSR count). The first-order valence-corrected chi connectivity index (χ1v) is 5.98. The van der Waals surface area contributed by atoms with Crippen molar-refractivity contribution >= 4 is 21.6 Å². The average molecular weight is 228 g/mol. The summed E-state index contributed by atoms with van der Waals surface area (Å²) in [5, 5.41) is 8.62. The molecule has 0 aliphatic carbocycles. The predicted molar refractivity (Wildman–Crippen MR) is 53.4 cm³/mol. The van der Waals surface area contributed by atoms with Crippen LogP contribution in [0.3, 0.4) is 0 Å². The van der Waals surface area contributed by atoms with Gasteiger partial charge in [-0.25, -0.2) is 8.42 Å². The molecule has 0 aromatic rings. The molecule has 0 amide bonds. The molecule has 0 atom stereocenters. The van der Waals surface area contributed by atoms with Gasteiger partial charge in [0.25, 0.3) is 0 Å². The van der Waals surface area contributed by atoms with Gasteiger partial charge in [-0.2, -0.15) is 4.31 Å². The third kappa shape index (κ3) is 4.61. The first kappa shape index (κ1) is 12.9. The van der Waals surface area contributed by atoms with E-state index in [4.69, 9.17) is 16.7 Å². The zero-order valence-corrected chi connectivity index (χ0v) is 8.89. The van der Waals surface area contributed by atoms with Crippen molar-refractivity contribution in [2.24, 2.45) is 0 Å². The molecule has 0 aliphatic rings. The lowest BCUT2D eigenvalue weighted by Crippen LogP contribution is -2.35. The van der Waals surface area contributed by atoms with E-state index in [-0.39, 0.29) is 31.3 Å². The summed E-state index contributed by atoms with van der Waals surface area (Å²) in [6.45, 7) is 3.53. The van der Waals surface area contributed by atoms with E-state index >= 15 is 0 Å². The van der Waals surface area contributed by atoms with Gasteiger partial charge in [0.15, 0.2) is 0 Å². The number of hydrogen-bond donors (Lipinski definition) is 1. The second-order valence-electron chi connectivity index (χ2n) is 2.38. The van der Waals surface area contributed by atoms with E-state index in [1.54, 1.807) is 0 Å². The Bertz CT molecular complexity index is 240. The number of hydrogen-bond acceptors (Lipinski definition) is 3. The van der Waals surface area contributed by atoms with E-state index in [2.05, 4.69) is 6.58 Å². The fourth-order valence-corrected chi connectivity index (χ4v) is 2.56. The van der Waals surface area contributed by atoms with Crippen LogP contribution >= 0.6 is 11.6 Å². The fourth-order valence-electron chi connectivity index (χ4n) is 0.826. The molecular weight excluding hydrogens is 214 g/mol. The molecule has 1 N–H and O–H groups in total. The van der Waals surface area contributed by atoms with Gasteiger partial charge in [0.1, 0.15) is 0 Å². The molecule has 0 heterocycles. The molecule has 0 aromatic carbocycles. The van der Waals surface area contributed by atoms with Crippen molar-refractivity contribution in [3.8, 4) is 0 Å². The van der Waals surface area contributed by atoms with E-state index in [0.29, 0.717) is 0 Å². The van der Waals surface area contributed by atoms with Gasteiger partial charge in [0, 0.05) is 19.0 Å². The van der Waals surface area contributed by atoms with E-state index < -0.39 is 10.0 Å². The normalized spacial score (nSPS) is 11.9. The molecule has 0 radical (unpaired) electrons. The van der Waals surface area contributed by atoms with Crippen molar-refractivity contribution < 1.29 is 13.5 Å². The maximum atomic E-state index is 11.4. The molecule has 0 spiro atoms. The number of nitrogens with zero attached hydrogens (tertiary/aromatic N) is 1. The van der Waals surface area contributed by atoms with Crippen LogP contribution < -0.4 is 0 Å². The van der Waals surface area contributed by atoms with Gasteiger partial charge in [-0.15, -0.1) is 18.2 Å². The zero-order chi connectivity index (χ0) is 10.3. The minimum absolute atomic E-state index is 0.0569. The summed E-state index contributed by atoms with van der Waals surface area (Å²) in [5.74, 6) is -0.0518. The molecule has 0 aromatic heterocycles. The first-order valence-electron chi connectivity index (χ1n) is 3.84. The highest BCUT2D eigenvalue weighted by molar-refractivity contribution is 7.89. The summed E-state index contributed by atoms with van der Waals surface area (Å²) in [6, 6.07) is 0. The summed E-state index contributed by atoms with van der Waals surface area (Å²) >= 11 is 5.34. The maximum absolute atomic E-state index is 11.4. The van der Waals surface area contributed by atoms with Crippen LogP contribution in [-0.4, -0.2) is 49.2 Å². The molecule has 13 heavy (non-hydrogen) atoms. The van der Waals surface area contributed by atoms with Gasteiger partial charge in [-0.3, -0.25) is 0 Å². The second kappa shape index (κ2) is 6.37. The van der Waals surface area contributed by atoms with Crippen LogP contribution in [0.25, 0.3) is 0 Å². The second-order valence-corrected chi connectivity index (χ2v) is 4.84. The summed E-state index contributed by atoms with van der Waals surface area (Å²) in [6.07, 6.45) is 1.47. The van der Waals surface area contributed by atoms with Crippen LogP contribution in [0.5, 0.6) is 0 Å². The Hall–Kier alpha value is -0.100. The van der Waals surface area contributed by atoms with E-state index in [0.717, 1.165) is 4.31 Å². The van der Waals surface area contributed by atoms with Gasteiger partial charge >= 0.3 is 0 Å². The minimum Gasteiger partial charge on any atom is -0.395 e. The van der Waals surface area contributed by atoms with Crippen LogP contribution in [0.2, 0.25) is 0 Å². The van der Waals surface area contributed by atoms with Crippen LogP contribution in [-0.2, 0) is 10.0 Å². The van der Waals surface area contributed by atoms with E-state index in [9.17, 15) is 8.42 Å². The third-order valence-corrected chi connectivity index (χ3v) is 3.66. The number of alkyl halides is 1.